The minimum atomic E-state index is 0. The Hall–Kier alpha value is -0.280. The highest BCUT2D eigenvalue weighted by molar-refractivity contribution is 5.85. The van der Waals surface area contributed by atoms with Gasteiger partial charge >= 0.3 is 0 Å². The zero-order valence-electron chi connectivity index (χ0n) is 12.2. The number of carbonyl (C=O) groups excluding carboxylic acids is 1. The van der Waals surface area contributed by atoms with E-state index in [2.05, 4.69) is 17.1 Å². The van der Waals surface area contributed by atoms with Crippen LogP contribution in [-0.4, -0.2) is 37.0 Å². The number of rotatable bonds is 3. The number of hydrogen-bond acceptors (Lipinski definition) is 2. The van der Waals surface area contributed by atoms with Gasteiger partial charge in [0.2, 0.25) is 5.91 Å². The van der Waals surface area contributed by atoms with Crippen molar-refractivity contribution in [2.24, 2.45) is 11.8 Å². The van der Waals surface area contributed by atoms with Crippen LogP contribution in [0.3, 0.4) is 0 Å². The zero-order chi connectivity index (χ0) is 12.8. The average molecular weight is 289 g/mol. The summed E-state index contributed by atoms with van der Waals surface area (Å²) in [6.07, 6.45) is 8.26. The highest BCUT2D eigenvalue weighted by atomic mass is 35.5. The second kappa shape index (κ2) is 8.80. The van der Waals surface area contributed by atoms with E-state index in [-0.39, 0.29) is 12.4 Å². The fourth-order valence-corrected chi connectivity index (χ4v) is 3.30. The molecule has 0 aromatic rings. The third-order valence-electron chi connectivity index (χ3n) is 4.64. The van der Waals surface area contributed by atoms with Gasteiger partial charge in [0.15, 0.2) is 0 Å². The standard InChI is InChI=1S/C15H28N2O.ClH/c1-13(14-6-8-16-9-7-14)12-15(18)17-10-4-2-3-5-11-17;/h13-14,16H,2-12H2,1H3;1H. The Bertz CT molecular complexity index is 259. The van der Waals surface area contributed by atoms with Crippen molar-refractivity contribution in [3.05, 3.63) is 0 Å². The van der Waals surface area contributed by atoms with E-state index in [1.807, 2.05) is 0 Å². The summed E-state index contributed by atoms with van der Waals surface area (Å²) < 4.78 is 0. The van der Waals surface area contributed by atoms with E-state index in [9.17, 15) is 4.79 Å². The number of nitrogens with one attached hydrogen (secondary N) is 1. The van der Waals surface area contributed by atoms with Gasteiger partial charge in [-0.25, -0.2) is 0 Å². The molecule has 4 heteroatoms. The monoisotopic (exact) mass is 288 g/mol. The van der Waals surface area contributed by atoms with Crippen molar-refractivity contribution in [2.75, 3.05) is 26.2 Å². The predicted octanol–water partition coefficient (Wildman–Crippen LogP) is 2.84. The zero-order valence-corrected chi connectivity index (χ0v) is 13.0. The van der Waals surface area contributed by atoms with E-state index in [1.54, 1.807) is 0 Å². The Balaban J connectivity index is 0.00000180. The molecule has 0 radical (unpaired) electrons. The lowest BCUT2D eigenvalue weighted by Gasteiger charge is -2.29. The molecule has 0 aromatic heterocycles. The van der Waals surface area contributed by atoms with Crippen molar-refractivity contribution < 1.29 is 4.79 Å². The Morgan fingerprint density at radius 3 is 2.32 bits per heavy atom. The molecule has 1 unspecified atom stereocenters. The molecular weight excluding hydrogens is 260 g/mol. The van der Waals surface area contributed by atoms with Gasteiger partial charge in [-0.15, -0.1) is 12.4 Å². The molecule has 0 aromatic carbocycles. The maximum absolute atomic E-state index is 12.3. The number of halogens is 1. The first kappa shape index (κ1) is 16.8. The SMILES string of the molecule is CC(CC(=O)N1CCCCCC1)C1CCNCC1.Cl. The van der Waals surface area contributed by atoms with Crippen molar-refractivity contribution in [2.45, 2.75) is 51.9 Å². The summed E-state index contributed by atoms with van der Waals surface area (Å²) in [7, 11) is 0. The van der Waals surface area contributed by atoms with Gasteiger partial charge in [0.25, 0.3) is 0 Å². The van der Waals surface area contributed by atoms with E-state index in [0.29, 0.717) is 11.8 Å². The highest BCUT2D eigenvalue weighted by Crippen LogP contribution is 2.25. The summed E-state index contributed by atoms with van der Waals surface area (Å²) in [6.45, 7) is 6.53. The maximum atomic E-state index is 12.3. The third kappa shape index (κ3) is 5.31. The summed E-state index contributed by atoms with van der Waals surface area (Å²) in [5.74, 6) is 1.72. The van der Waals surface area contributed by atoms with Crippen molar-refractivity contribution in [3.8, 4) is 0 Å². The van der Waals surface area contributed by atoms with Crippen LogP contribution >= 0.6 is 12.4 Å². The van der Waals surface area contributed by atoms with Gasteiger partial charge in [0, 0.05) is 19.5 Å². The van der Waals surface area contributed by atoms with Crippen LogP contribution in [0.2, 0.25) is 0 Å². The smallest absolute Gasteiger partial charge is 0.222 e. The van der Waals surface area contributed by atoms with Crippen LogP contribution in [0.15, 0.2) is 0 Å². The molecule has 2 saturated heterocycles. The van der Waals surface area contributed by atoms with Crippen LogP contribution in [0.25, 0.3) is 0 Å². The normalized spacial score (nSPS) is 23.3. The molecule has 3 nitrogen and oxygen atoms in total. The molecule has 2 aliphatic heterocycles. The molecule has 1 amide bonds. The summed E-state index contributed by atoms with van der Waals surface area (Å²) in [6, 6.07) is 0. The molecule has 2 fully saturated rings. The van der Waals surface area contributed by atoms with Crippen LogP contribution in [0.5, 0.6) is 0 Å². The van der Waals surface area contributed by atoms with Gasteiger partial charge < -0.3 is 10.2 Å². The molecule has 2 heterocycles. The molecule has 0 bridgehead atoms. The van der Waals surface area contributed by atoms with Gasteiger partial charge in [-0.2, -0.15) is 0 Å². The van der Waals surface area contributed by atoms with Gasteiger partial charge in [0.05, 0.1) is 0 Å². The lowest BCUT2D eigenvalue weighted by molar-refractivity contribution is -0.132. The number of amides is 1. The Labute approximate surface area is 123 Å². The quantitative estimate of drug-likeness (QED) is 0.866. The minimum absolute atomic E-state index is 0. The van der Waals surface area contributed by atoms with E-state index < -0.39 is 0 Å². The fourth-order valence-electron chi connectivity index (χ4n) is 3.30. The third-order valence-corrected chi connectivity index (χ3v) is 4.64. The largest absolute Gasteiger partial charge is 0.343 e. The van der Waals surface area contributed by atoms with Crippen molar-refractivity contribution in [1.82, 2.24) is 10.2 Å². The molecule has 0 saturated carbocycles. The summed E-state index contributed by atoms with van der Waals surface area (Å²) >= 11 is 0. The first-order chi connectivity index (χ1) is 8.77. The van der Waals surface area contributed by atoms with Crippen molar-refractivity contribution >= 4 is 18.3 Å². The topological polar surface area (TPSA) is 32.3 Å². The van der Waals surface area contributed by atoms with Gasteiger partial charge in [-0.3, -0.25) is 4.79 Å². The van der Waals surface area contributed by atoms with Crippen LogP contribution in [-0.2, 0) is 4.79 Å². The Kier molecular flexibility index (Phi) is 7.77. The van der Waals surface area contributed by atoms with Gasteiger partial charge in [-0.1, -0.05) is 19.8 Å². The minimum Gasteiger partial charge on any atom is -0.343 e. The summed E-state index contributed by atoms with van der Waals surface area (Å²) in [4.78, 5) is 14.4. The Morgan fingerprint density at radius 2 is 1.74 bits per heavy atom. The number of carbonyl (C=O) groups is 1. The molecular formula is C15H29ClN2O. The van der Waals surface area contributed by atoms with Crippen LogP contribution in [0, 0.1) is 11.8 Å². The predicted molar refractivity (Wildman–Crippen MR) is 81.7 cm³/mol. The number of likely N-dealkylation sites (tertiary alicyclic amines) is 1. The number of piperidine rings is 1. The average Bonchev–Trinajstić information content (AvgIpc) is 2.68. The summed E-state index contributed by atoms with van der Waals surface area (Å²) in [5, 5.41) is 3.40. The molecule has 2 aliphatic rings. The maximum Gasteiger partial charge on any atom is 0.222 e. The lowest BCUT2D eigenvalue weighted by atomic mass is 9.84. The van der Waals surface area contributed by atoms with Crippen molar-refractivity contribution in [3.63, 3.8) is 0 Å². The summed E-state index contributed by atoms with van der Waals surface area (Å²) in [5.41, 5.74) is 0. The van der Waals surface area contributed by atoms with Crippen LogP contribution in [0.1, 0.15) is 51.9 Å². The number of hydrogen-bond donors (Lipinski definition) is 1. The first-order valence-corrected chi connectivity index (χ1v) is 7.76. The second-order valence-electron chi connectivity index (χ2n) is 6.06. The fraction of sp³-hybridized carbons (Fsp3) is 0.933. The molecule has 0 aliphatic carbocycles. The number of nitrogens with zero attached hydrogens (tertiary/aromatic N) is 1. The Morgan fingerprint density at radius 1 is 1.16 bits per heavy atom. The molecule has 0 spiro atoms. The van der Waals surface area contributed by atoms with Gasteiger partial charge in [0.1, 0.15) is 0 Å². The van der Waals surface area contributed by atoms with E-state index in [1.165, 1.54) is 38.5 Å². The van der Waals surface area contributed by atoms with E-state index in [4.69, 9.17) is 0 Å². The van der Waals surface area contributed by atoms with E-state index >= 15 is 0 Å². The molecule has 1 atom stereocenters. The van der Waals surface area contributed by atoms with Crippen molar-refractivity contribution in [1.29, 1.82) is 0 Å². The molecule has 1 N–H and O–H groups in total. The van der Waals surface area contributed by atoms with E-state index in [0.717, 1.165) is 38.5 Å². The van der Waals surface area contributed by atoms with Crippen LogP contribution < -0.4 is 5.32 Å². The molecule has 112 valence electrons. The van der Waals surface area contributed by atoms with Crippen LogP contribution in [0.4, 0.5) is 0 Å². The second-order valence-corrected chi connectivity index (χ2v) is 6.06. The molecule has 19 heavy (non-hydrogen) atoms. The lowest BCUT2D eigenvalue weighted by Crippen LogP contribution is -2.36. The molecule has 2 rings (SSSR count). The first-order valence-electron chi connectivity index (χ1n) is 7.76. The highest BCUT2D eigenvalue weighted by Gasteiger charge is 2.24. The van der Waals surface area contributed by atoms with Gasteiger partial charge in [-0.05, 0) is 50.6 Å².